The van der Waals surface area contributed by atoms with Crippen molar-refractivity contribution in [3.63, 3.8) is 0 Å². The van der Waals surface area contributed by atoms with Crippen molar-refractivity contribution in [1.29, 1.82) is 0 Å². The van der Waals surface area contributed by atoms with Gasteiger partial charge in [0, 0.05) is 37.2 Å². The van der Waals surface area contributed by atoms with Gasteiger partial charge in [-0.05, 0) is 36.2 Å². The van der Waals surface area contributed by atoms with Crippen molar-refractivity contribution in [3.8, 4) is 0 Å². The molecule has 0 aliphatic rings. The first-order valence-corrected chi connectivity index (χ1v) is 8.27. The molecule has 3 amide bonds. The van der Waals surface area contributed by atoms with Gasteiger partial charge in [-0.3, -0.25) is 19.4 Å². The maximum absolute atomic E-state index is 12.4. The number of carbonyl (C=O) groups is 3. The fourth-order valence-electron chi connectivity index (χ4n) is 2.13. The third-order valence-electron chi connectivity index (χ3n) is 3.40. The number of aromatic nitrogens is 1. The fourth-order valence-corrected chi connectivity index (χ4v) is 2.13. The van der Waals surface area contributed by atoms with E-state index in [1.165, 1.54) is 25.4 Å². The smallest absolute Gasteiger partial charge is 0.257 e. The molecule has 0 aliphatic heterocycles. The van der Waals surface area contributed by atoms with Crippen LogP contribution < -0.4 is 16.0 Å². The number of benzene rings is 1. The molecule has 0 aliphatic carbocycles. The molecule has 3 N–H and O–H groups in total. The Morgan fingerprint density at radius 2 is 1.46 bits per heavy atom. The number of nitrogens with one attached hydrogen (secondary N) is 3. The first-order valence-electron chi connectivity index (χ1n) is 8.27. The van der Waals surface area contributed by atoms with E-state index >= 15 is 0 Å². The molecule has 1 aromatic heterocycles. The fraction of sp³-hybridized carbons (Fsp3) is 0.263. The van der Waals surface area contributed by atoms with E-state index in [1.54, 1.807) is 24.3 Å². The molecule has 0 saturated carbocycles. The van der Waals surface area contributed by atoms with E-state index in [0.29, 0.717) is 29.4 Å². The van der Waals surface area contributed by atoms with Crippen LogP contribution in [0.25, 0.3) is 0 Å². The van der Waals surface area contributed by atoms with Crippen molar-refractivity contribution in [1.82, 2.24) is 10.3 Å². The largest absolute Gasteiger partial charge is 0.352 e. The van der Waals surface area contributed by atoms with Crippen molar-refractivity contribution in [2.45, 2.75) is 20.8 Å². The Bertz CT molecular complexity index is 801. The van der Waals surface area contributed by atoms with Crippen LogP contribution in [-0.4, -0.2) is 29.3 Å². The van der Waals surface area contributed by atoms with Crippen LogP contribution in [0.5, 0.6) is 0 Å². The maximum atomic E-state index is 12.4. The molecule has 0 spiro atoms. The van der Waals surface area contributed by atoms with Crippen molar-refractivity contribution in [2.24, 2.45) is 5.92 Å². The van der Waals surface area contributed by atoms with Crippen LogP contribution in [0.15, 0.2) is 42.7 Å². The van der Waals surface area contributed by atoms with Crippen molar-refractivity contribution in [2.75, 3.05) is 17.2 Å². The van der Waals surface area contributed by atoms with Crippen molar-refractivity contribution < 1.29 is 14.4 Å². The molecule has 0 fully saturated rings. The van der Waals surface area contributed by atoms with Gasteiger partial charge in [0.15, 0.2) is 0 Å². The summed E-state index contributed by atoms with van der Waals surface area (Å²) in [7, 11) is 0. The molecule has 7 heteroatoms. The zero-order valence-electron chi connectivity index (χ0n) is 15.0. The van der Waals surface area contributed by atoms with Crippen LogP contribution in [-0.2, 0) is 4.79 Å². The molecule has 7 nitrogen and oxygen atoms in total. The zero-order chi connectivity index (χ0) is 19.1. The number of amides is 3. The van der Waals surface area contributed by atoms with Gasteiger partial charge in [0.2, 0.25) is 5.91 Å². The minimum absolute atomic E-state index is 0.166. The van der Waals surface area contributed by atoms with Crippen LogP contribution in [0.2, 0.25) is 0 Å². The molecule has 0 bridgehead atoms. The molecular weight excluding hydrogens is 332 g/mol. The molecule has 2 rings (SSSR count). The summed E-state index contributed by atoms with van der Waals surface area (Å²) in [6.07, 6.45) is 2.83. The van der Waals surface area contributed by atoms with E-state index in [0.717, 1.165) is 0 Å². The van der Waals surface area contributed by atoms with Crippen molar-refractivity contribution >= 4 is 29.1 Å². The van der Waals surface area contributed by atoms with E-state index in [-0.39, 0.29) is 23.3 Å². The number of rotatable bonds is 6. The first kappa shape index (κ1) is 19.1. The first-order chi connectivity index (χ1) is 12.3. The summed E-state index contributed by atoms with van der Waals surface area (Å²) in [5.74, 6) is -0.469. The Morgan fingerprint density at radius 1 is 0.923 bits per heavy atom. The topological polar surface area (TPSA) is 100 Å². The second kappa shape index (κ2) is 8.75. The highest BCUT2D eigenvalue weighted by atomic mass is 16.2. The maximum Gasteiger partial charge on any atom is 0.257 e. The lowest BCUT2D eigenvalue weighted by atomic mass is 10.1. The Morgan fingerprint density at radius 3 is 2.00 bits per heavy atom. The Kier molecular flexibility index (Phi) is 6.43. The SMILES string of the molecule is CC(=O)Nc1ccc(NC(=O)c2cncc(C(=O)NCC(C)C)c2)cc1. The van der Waals surface area contributed by atoms with Gasteiger partial charge in [-0.25, -0.2) is 0 Å². The van der Waals surface area contributed by atoms with Gasteiger partial charge in [0.1, 0.15) is 0 Å². The number of hydrogen-bond acceptors (Lipinski definition) is 4. The monoisotopic (exact) mass is 354 g/mol. The van der Waals surface area contributed by atoms with E-state index in [9.17, 15) is 14.4 Å². The Hall–Kier alpha value is -3.22. The molecule has 26 heavy (non-hydrogen) atoms. The van der Waals surface area contributed by atoms with E-state index < -0.39 is 0 Å². The Balaban J connectivity index is 2.04. The van der Waals surface area contributed by atoms with Gasteiger partial charge in [-0.1, -0.05) is 13.8 Å². The predicted octanol–water partition coefficient (Wildman–Crippen LogP) is 2.68. The molecule has 0 unspecified atom stereocenters. The van der Waals surface area contributed by atoms with Crippen LogP contribution in [0.3, 0.4) is 0 Å². The number of pyridine rings is 1. The molecule has 1 heterocycles. The third-order valence-corrected chi connectivity index (χ3v) is 3.40. The normalized spacial score (nSPS) is 10.3. The molecule has 2 aromatic rings. The summed E-state index contributed by atoms with van der Waals surface area (Å²) < 4.78 is 0. The lowest BCUT2D eigenvalue weighted by Gasteiger charge is -2.09. The lowest BCUT2D eigenvalue weighted by Crippen LogP contribution is -2.27. The van der Waals surface area contributed by atoms with Gasteiger partial charge in [-0.2, -0.15) is 0 Å². The van der Waals surface area contributed by atoms with Gasteiger partial charge in [0.25, 0.3) is 11.8 Å². The molecular formula is C19H22N4O3. The third kappa shape index (κ3) is 5.70. The highest BCUT2D eigenvalue weighted by Crippen LogP contribution is 2.15. The minimum atomic E-state index is -0.372. The quantitative estimate of drug-likeness (QED) is 0.742. The van der Waals surface area contributed by atoms with Gasteiger partial charge in [0.05, 0.1) is 11.1 Å². The summed E-state index contributed by atoms with van der Waals surface area (Å²) in [6.45, 7) is 5.97. The van der Waals surface area contributed by atoms with Gasteiger partial charge in [-0.15, -0.1) is 0 Å². The lowest BCUT2D eigenvalue weighted by molar-refractivity contribution is -0.114. The Labute approximate surface area is 152 Å². The standard InChI is InChI=1S/C19H22N4O3/c1-12(2)9-21-18(25)14-8-15(11-20-10-14)19(26)23-17-6-4-16(5-7-17)22-13(3)24/h4-8,10-12H,9H2,1-3H3,(H,21,25)(H,22,24)(H,23,26). The van der Waals surface area contributed by atoms with Crippen LogP contribution in [0.4, 0.5) is 11.4 Å². The molecule has 0 radical (unpaired) electrons. The number of nitrogens with zero attached hydrogens (tertiary/aromatic N) is 1. The van der Waals surface area contributed by atoms with Crippen LogP contribution in [0, 0.1) is 5.92 Å². The molecule has 136 valence electrons. The highest BCUT2D eigenvalue weighted by Gasteiger charge is 2.12. The molecule has 1 aromatic carbocycles. The van der Waals surface area contributed by atoms with Crippen molar-refractivity contribution in [3.05, 3.63) is 53.9 Å². The average molecular weight is 354 g/mol. The van der Waals surface area contributed by atoms with Gasteiger partial charge >= 0.3 is 0 Å². The predicted molar refractivity (Wildman–Crippen MR) is 100 cm³/mol. The second-order valence-corrected chi connectivity index (χ2v) is 6.28. The number of hydrogen-bond donors (Lipinski definition) is 3. The summed E-state index contributed by atoms with van der Waals surface area (Å²) in [5, 5.41) is 8.17. The summed E-state index contributed by atoms with van der Waals surface area (Å²) >= 11 is 0. The van der Waals surface area contributed by atoms with E-state index in [4.69, 9.17) is 0 Å². The average Bonchev–Trinajstić information content (AvgIpc) is 2.61. The summed E-state index contributed by atoms with van der Waals surface area (Å²) in [5.41, 5.74) is 1.83. The highest BCUT2D eigenvalue weighted by molar-refractivity contribution is 6.06. The second-order valence-electron chi connectivity index (χ2n) is 6.28. The summed E-state index contributed by atoms with van der Waals surface area (Å²) in [4.78, 5) is 39.4. The van der Waals surface area contributed by atoms with Crippen LogP contribution in [0.1, 0.15) is 41.5 Å². The van der Waals surface area contributed by atoms with E-state index in [1.807, 2.05) is 13.8 Å². The number of anilines is 2. The number of carbonyl (C=O) groups excluding carboxylic acids is 3. The van der Waals surface area contributed by atoms with Gasteiger partial charge < -0.3 is 16.0 Å². The molecule has 0 saturated heterocycles. The zero-order valence-corrected chi connectivity index (χ0v) is 15.0. The molecule has 0 atom stereocenters. The summed E-state index contributed by atoms with van der Waals surface area (Å²) in [6, 6.07) is 8.23. The minimum Gasteiger partial charge on any atom is -0.352 e. The van der Waals surface area contributed by atoms with Crippen LogP contribution >= 0.6 is 0 Å². The van der Waals surface area contributed by atoms with E-state index in [2.05, 4.69) is 20.9 Å².